The van der Waals surface area contributed by atoms with E-state index in [-0.39, 0.29) is 11.5 Å². The zero-order valence-electron chi connectivity index (χ0n) is 19.1. The number of unbranched alkanes of at least 4 members (excludes halogenated alkanes) is 5. The summed E-state index contributed by atoms with van der Waals surface area (Å²) in [5, 5.41) is 0.573. The van der Waals surface area contributed by atoms with Crippen molar-refractivity contribution in [1.29, 1.82) is 0 Å². The van der Waals surface area contributed by atoms with E-state index >= 15 is 0 Å². The van der Waals surface area contributed by atoms with Gasteiger partial charge >= 0.3 is 0 Å². The van der Waals surface area contributed by atoms with Crippen LogP contribution in [0.3, 0.4) is 0 Å². The third-order valence-electron chi connectivity index (χ3n) is 5.58. The highest BCUT2D eigenvalue weighted by Gasteiger charge is 2.32. The quantitative estimate of drug-likeness (QED) is 0.136. The Labute approximate surface area is 213 Å². The Morgan fingerprint density at radius 2 is 1.74 bits per heavy atom. The first-order valence-corrected chi connectivity index (χ1v) is 13.6. The minimum atomic E-state index is -0.203. The van der Waals surface area contributed by atoms with Gasteiger partial charge in [-0.2, -0.15) is 0 Å². The molecule has 1 aliphatic heterocycles. The Hall–Kier alpha value is -2.42. The average Bonchev–Trinajstić information content (AvgIpc) is 3.11. The molecule has 4 rings (SSSR count). The van der Waals surface area contributed by atoms with E-state index in [1.807, 2.05) is 36.4 Å². The van der Waals surface area contributed by atoms with Crippen LogP contribution in [0.2, 0.25) is 0 Å². The second-order valence-electron chi connectivity index (χ2n) is 8.08. The number of carbonyl (C=O) groups excluding carboxylic acids is 1. The maximum atomic E-state index is 13.4. The van der Waals surface area contributed by atoms with Crippen molar-refractivity contribution < 1.29 is 4.79 Å². The molecule has 176 valence electrons. The molecule has 3 heterocycles. The molecule has 0 aliphatic carbocycles. The lowest BCUT2D eigenvalue weighted by molar-refractivity contribution is -0.122. The molecule has 3 aromatic rings. The molecule has 0 unspecified atom stereocenters. The van der Waals surface area contributed by atoms with Gasteiger partial charge in [-0.3, -0.25) is 18.9 Å². The summed E-state index contributed by atoms with van der Waals surface area (Å²) in [5.74, 6) is -0.128. The van der Waals surface area contributed by atoms with Gasteiger partial charge < -0.3 is 0 Å². The van der Waals surface area contributed by atoms with Crippen LogP contribution in [0.5, 0.6) is 0 Å². The number of thiocarbonyl (C=S) groups is 1. The average molecular weight is 510 g/mol. The van der Waals surface area contributed by atoms with Gasteiger partial charge in [-0.25, -0.2) is 4.98 Å². The molecule has 0 saturated carbocycles. The molecule has 1 aromatic carbocycles. The predicted molar refractivity (Wildman–Crippen MR) is 145 cm³/mol. The largest absolute Gasteiger partial charge is 0.293 e. The minimum absolute atomic E-state index is 0.128. The van der Waals surface area contributed by atoms with E-state index in [0.717, 1.165) is 17.7 Å². The molecule has 0 bridgehead atoms. The highest BCUT2D eigenvalue weighted by molar-refractivity contribution is 8.26. The van der Waals surface area contributed by atoms with Gasteiger partial charge in [0.25, 0.3) is 11.5 Å². The van der Waals surface area contributed by atoms with Crippen LogP contribution < -0.4 is 5.56 Å². The number of rotatable bonds is 10. The number of pyridine rings is 1. The third kappa shape index (κ3) is 5.79. The Morgan fingerprint density at radius 3 is 2.53 bits per heavy atom. The maximum Gasteiger partial charge on any atom is 0.266 e. The van der Waals surface area contributed by atoms with Crippen LogP contribution in [-0.2, 0) is 4.79 Å². The lowest BCUT2D eigenvalue weighted by Crippen LogP contribution is -2.29. The van der Waals surface area contributed by atoms with Crippen molar-refractivity contribution in [2.24, 2.45) is 0 Å². The monoisotopic (exact) mass is 509 g/mol. The number of aromatic nitrogens is 2. The second kappa shape index (κ2) is 11.8. The smallest absolute Gasteiger partial charge is 0.266 e. The summed E-state index contributed by atoms with van der Waals surface area (Å²) in [5.41, 5.74) is 0.765. The third-order valence-corrected chi connectivity index (χ3v) is 7.97. The molecule has 0 atom stereocenters. The molecule has 1 fully saturated rings. The first-order valence-electron chi connectivity index (χ1n) is 11.6. The lowest BCUT2D eigenvalue weighted by Gasteiger charge is -2.14. The molecular formula is C26H27N3O2S3. The van der Waals surface area contributed by atoms with Crippen LogP contribution >= 0.6 is 35.7 Å². The first kappa shape index (κ1) is 24.7. The standard InChI is InChI=1S/C26H27N3O2S3/c1-2-3-4-5-6-11-17-29-25(31)21(34-26(29)32)18-20-23(33-19-13-8-7-9-14-19)27-22-15-10-12-16-28(22)24(20)30/h7-10,12-16,18H,2-6,11,17H2,1H3. The van der Waals surface area contributed by atoms with Crippen molar-refractivity contribution >= 4 is 57.7 Å². The van der Waals surface area contributed by atoms with Crippen LogP contribution in [0, 0.1) is 0 Å². The molecular weight excluding hydrogens is 483 g/mol. The number of hydrogen-bond donors (Lipinski definition) is 0. The van der Waals surface area contributed by atoms with Crippen LogP contribution in [0.4, 0.5) is 0 Å². The van der Waals surface area contributed by atoms with Crippen LogP contribution in [0.15, 0.2) is 74.3 Å². The van der Waals surface area contributed by atoms with Gasteiger partial charge in [0.15, 0.2) is 0 Å². The van der Waals surface area contributed by atoms with Crippen molar-refractivity contribution in [3.63, 3.8) is 0 Å². The topological polar surface area (TPSA) is 54.7 Å². The summed E-state index contributed by atoms with van der Waals surface area (Å²) in [6.45, 7) is 2.82. The first-order chi connectivity index (χ1) is 16.6. The summed E-state index contributed by atoms with van der Waals surface area (Å²) in [7, 11) is 0. The fourth-order valence-electron chi connectivity index (χ4n) is 3.76. The van der Waals surface area contributed by atoms with E-state index in [4.69, 9.17) is 17.2 Å². The molecule has 1 saturated heterocycles. The van der Waals surface area contributed by atoms with E-state index in [1.165, 1.54) is 53.6 Å². The normalized spacial score (nSPS) is 15.1. The number of nitrogens with zero attached hydrogens (tertiary/aromatic N) is 3. The molecule has 34 heavy (non-hydrogen) atoms. The van der Waals surface area contributed by atoms with Crippen LogP contribution in [0.1, 0.15) is 51.0 Å². The number of benzene rings is 1. The number of carbonyl (C=O) groups is 1. The summed E-state index contributed by atoms with van der Waals surface area (Å²) in [6, 6.07) is 15.2. The van der Waals surface area contributed by atoms with Crippen molar-refractivity contribution in [2.45, 2.75) is 55.4 Å². The molecule has 1 aliphatic rings. The zero-order valence-corrected chi connectivity index (χ0v) is 21.6. The van der Waals surface area contributed by atoms with Gasteiger partial charge in [0.1, 0.15) is 15.0 Å². The van der Waals surface area contributed by atoms with Crippen molar-refractivity contribution in [3.8, 4) is 0 Å². The maximum absolute atomic E-state index is 13.4. The molecule has 0 spiro atoms. The molecule has 8 heteroatoms. The molecule has 1 amide bonds. The zero-order chi connectivity index (χ0) is 23.9. The SMILES string of the molecule is CCCCCCCCN1C(=O)C(=Cc2c(Sc3ccccc3)nc3ccccn3c2=O)SC1=S. The summed E-state index contributed by atoms with van der Waals surface area (Å²) in [4.78, 5) is 34.4. The number of thioether (sulfide) groups is 1. The van der Waals surface area contributed by atoms with Gasteiger partial charge in [-0.1, -0.05) is 99.0 Å². The van der Waals surface area contributed by atoms with Gasteiger partial charge in [0, 0.05) is 17.6 Å². The fraction of sp³-hybridized carbons (Fsp3) is 0.308. The van der Waals surface area contributed by atoms with Gasteiger partial charge in [-0.05, 0) is 36.8 Å². The van der Waals surface area contributed by atoms with Crippen molar-refractivity contribution in [2.75, 3.05) is 6.54 Å². The van der Waals surface area contributed by atoms with E-state index in [1.54, 1.807) is 29.3 Å². The Kier molecular flexibility index (Phi) is 8.59. The van der Waals surface area contributed by atoms with E-state index in [9.17, 15) is 9.59 Å². The highest BCUT2D eigenvalue weighted by atomic mass is 32.2. The van der Waals surface area contributed by atoms with E-state index in [0.29, 0.717) is 32.0 Å². The summed E-state index contributed by atoms with van der Waals surface area (Å²) < 4.78 is 2.06. The minimum Gasteiger partial charge on any atom is -0.293 e. The van der Waals surface area contributed by atoms with Crippen molar-refractivity contribution in [1.82, 2.24) is 14.3 Å². The molecule has 0 radical (unpaired) electrons. The van der Waals surface area contributed by atoms with Crippen LogP contribution in [-0.4, -0.2) is 31.1 Å². The summed E-state index contributed by atoms with van der Waals surface area (Å²) >= 11 is 8.18. The molecule has 2 aromatic heterocycles. The van der Waals surface area contributed by atoms with Crippen LogP contribution in [0.25, 0.3) is 11.7 Å². The molecule has 0 N–H and O–H groups in total. The lowest BCUT2D eigenvalue weighted by atomic mass is 10.1. The predicted octanol–water partition coefficient (Wildman–Crippen LogP) is 6.41. The van der Waals surface area contributed by atoms with Crippen molar-refractivity contribution in [3.05, 3.63) is 75.6 Å². The second-order valence-corrected chi connectivity index (χ2v) is 10.8. The Balaban J connectivity index is 1.61. The highest BCUT2D eigenvalue weighted by Crippen LogP contribution is 2.35. The van der Waals surface area contributed by atoms with Gasteiger partial charge in [0.05, 0.1) is 10.5 Å². The Bertz CT molecular complexity index is 1270. The summed E-state index contributed by atoms with van der Waals surface area (Å²) in [6.07, 6.45) is 10.3. The number of amides is 1. The van der Waals surface area contributed by atoms with Gasteiger partial charge in [-0.15, -0.1) is 0 Å². The number of hydrogen-bond acceptors (Lipinski definition) is 6. The number of fused-ring (bicyclic) bond motifs is 1. The molecule has 5 nitrogen and oxygen atoms in total. The Morgan fingerprint density at radius 1 is 1.00 bits per heavy atom. The van der Waals surface area contributed by atoms with E-state index < -0.39 is 0 Å². The van der Waals surface area contributed by atoms with Gasteiger partial charge in [0.2, 0.25) is 0 Å². The fourth-order valence-corrected chi connectivity index (χ4v) is 5.96. The van der Waals surface area contributed by atoms with E-state index in [2.05, 4.69) is 6.92 Å².